The van der Waals surface area contributed by atoms with Crippen LogP contribution >= 0.6 is 15.9 Å². The summed E-state index contributed by atoms with van der Waals surface area (Å²) in [7, 11) is 0. The van der Waals surface area contributed by atoms with Crippen molar-refractivity contribution in [2.24, 2.45) is 0 Å². The van der Waals surface area contributed by atoms with Crippen LogP contribution in [-0.4, -0.2) is 35.3 Å². The molecule has 1 aromatic rings. The topological polar surface area (TPSA) is 78.5 Å². The van der Waals surface area contributed by atoms with E-state index in [9.17, 15) is 14.4 Å². The van der Waals surface area contributed by atoms with Gasteiger partial charge in [-0.3, -0.25) is 14.5 Å². The van der Waals surface area contributed by atoms with Gasteiger partial charge in [-0.25, -0.2) is 4.79 Å². The van der Waals surface area contributed by atoms with Gasteiger partial charge in [0.2, 0.25) is 5.91 Å². The molecular formula is C15H18BrN3O3. The van der Waals surface area contributed by atoms with Crippen LogP contribution in [0.15, 0.2) is 22.7 Å². The Morgan fingerprint density at radius 1 is 1.41 bits per heavy atom. The van der Waals surface area contributed by atoms with Gasteiger partial charge in [-0.2, -0.15) is 0 Å². The van der Waals surface area contributed by atoms with Crippen molar-refractivity contribution in [1.29, 1.82) is 0 Å². The number of nitrogens with one attached hydrogen (secondary N) is 2. The van der Waals surface area contributed by atoms with Gasteiger partial charge in [0.1, 0.15) is 12.6 Å². The molecule has 0 aliphatic carbocycles. The van der Waals surface area contributed by atoms with Crippen LogP contribution in [0.3, 0.4) is 0 Å². The molecule has 4 amide bonds. The van der Waals surface area contributed by atoms with E-state index in [0.717, 1.165) is 21.4 Å². The molecule has 0 unspecified atom stereocenters. The average Bonchev–Trinajstić information content (AvgIpc) is 2.70. The standard InChI is InChI=1S/C15H18BrN3O3/c1-3-4-12-14(21)19(15(22)18-12)8-13(20)17-11-6-5-9(2)7-10(11)16/h5-7,12H,3-4,8H2,1-2H3,(H,17,20)(H,18,22)/t12-/m0/s1. The zero-order valence-electron chi connectivity index (χ0n) is 12.5. The fourth-order valence-corrected chi connectivity index (χ4v) is 2.86. The van der Waals surface area contributed by atoms with Gasteiger partial charge in [0, 0.05) is 4.47 Å². The number of amides is 4. The van der Waals surface area contributed by atoms with E-state index in [4.69, 9.17) is 0 Å². The second kappa shape index (κ2) is 6.91. The van der Waals surface area contributed by atoms with Gasteiger partial charge < -0.3 is 10.6 Å². The molecule has 0 radical (unpaired) electrons. The van der Waals surface area contributed by atoms with Crippen LogP contribution in [0.2, 0.25) is 0 Å². The summed E-state index contributed by atoms with van der Waals surface area (Å²) in [5.74, 6) is -0.754. The molecule has 1 atom stereocenters. The normalized spacial score (nSPS) is 17.6. The van der Waals surface area contributed by atoms with Crippen LogP contribution in [-0.2, 0) is 9.59 Å². The molecule has 1 saturated heterocycles. The van der Waals surface area contributed by atoms with Crippen LogP contribution in [0.5, 0.6) is 0 Å². The first kappa shape index (κ1) is 16.5. The molecule has 2 rings (SSSR count). The van der Waals surface area contributed by atoms with Crippen LogP contribution in [0.1, 0.15) is 25.3 Å². The van der Waals surface area contributed by atoms with Gasteiger partial charge in [0.25, 0.3) is 5.91 Å². The van der Waals surface area contributed by atoms with Gasteiger partial charge in [-0.15, -0.1) is 0 Å². The van der Waals surface area contributed by atoms with Crippen molar-refractivity contribution in [3.63, 3.8) is 0 Å². The van der Waals surface area contributed by atoms with Crippen LogP contribution in [0.4, 0.5) is 10.5 Å². The van der Waals surface area contributed by atoms with E-state index >= 15 is 0 Å². The number of anilines is 1. The minimum absolute atomic E-state index is 0.287. The summed E-state index contributed by atoms with van der Waals surface area (Å²) < 4.78 is 0.752. The van der Waals surface area contributed by atoms with Gasteiger partial charge in [0.05, 0.1) is 5.69 Å². The maximum absolute atomic E-state index is 12.1. The monoisotopic (exact) mass is 367 g/mol. The van der Waals surface area contributed by atoms with Crippen LogP contribution in [0, 0.1) is 6.92 Å². The minimum Gasteiger partial charge on any atom is -0.326 e. The summed E-state index contributed by atoms with van der Waals surface area (Å²) >= 11 is 3.37. The Kier molecular flexibility index (Phi) is 5.18. The molecule has 1 aliphatic rings. The third kappa shape index (κ3) is 3.65. The number of carbonyl (C=O) groups is 3. The van der Waals surface area contributed by atoms with Crippen molar-refractivity contribution in [1.82, 2.24) is 10.2 Å². The fourth-order valence-electron chi connectivity index (χ4n) is 2.27. The molecule has 0 saturated carbocycles. The molecule has 2 N–H and O–H groups in total. The highest BCUT2D eigenvalue weighted by molar-refractivity contribution is 9.10. The Hall–Kier alpha value is -1.89. The molecule has 6 nitrogen and oxygen atoms in total. The first-order chi connectivity index (χ1) is 10.4. The van der Waals surface area contributed by atoms with E-state index in [-0.39, 0.29) is 12.5 Å². The molecule has 1 aliphatic heterocycles. The lowest BCUT2D eigenvalue weighted by molar-refractivity contribution is -0.130. The molecule has 1 fully saturated rings. The largest absolute Gasteiger partial charge is 0.326 e. The smallest absolute Gasteiger partial charge is 0.325 e. The van der Waals surface area contributed by atoms with E-state index < -0.39 is 18.0 Å². The zero-order chi connectivity index (χ0) is 16.3. The molecule has 22 heavy (non-hydrogen) atoms. The lowest BCUT2D eigenvalue weighted by Gasteiger charge is -2.13. The molecular weight excluding hydrogens is 350 g/mol. The summed E-state index contributed by atoms with van der Waals surface area (Å²) in [5.41, 5.74) is 1.66. The second-order valence-corrected chi connectivity index (χ2v) is 6.10. The number of imide groups is 1. The number of carbonyl (C=O) groups excluding carboxylic acids is 3. The summed E-state index contributed by atoms with van der Waals surface area (Å²) in [6.45, 7) is 3.59. The first-order valence-corrected chi connectivity index (χ1v) is 7.89. The quantitative estimate of drug-likeness (QED) is 0.784. The lowest BCUT2D eigenvalue weighted by atomic mass is 10.2. The van der Waals surface area contributed by atoms with Gasteiger partial charge in [0.15, 0.2) is 0 Å². The maximum Gasteiger partial charge on any atom is 0.325 e. The Labute approximate surface area is 137 Å². The Morgan fingerprint density at radius 3 is 2.77 bits per heavy atom. The summed E-state index contributed by atoms with van der Waals surface area (Å²) in [5, 5.41) is 5.28. The first-order valence-electron chi connectivity index (χ1n) is 7.10. The van der Waals surface area contributed by atoms with Gasteiger partial charge in [-0.1, -0.05) is 19.4 Å². The number of rotatable bonds is 5. The number of nitrogens with zero attached hydrogens (tertiary/aromatic N) is 1. The number of hydrogen-bond donors (Lipinski definition) is 2. The molecule has 118 valence electrons. The van der Waals surface area contributed by atoms with E-state index in [1.165, 1.54) is 0 Å². The summed E-state index contributed by atoms with van der Waals surface area (Å²) in [6.07, 6.45) is 1.36. The Bertz CT molecular complexity index is 618. The van der Waals surface area contributed by atoms with Crippen molar-refractivity contribution in [2.75, 3.05) is 11.9 Å². The number of urea groups is 1. The predicted octanol–water partition coefficient (Wildman–Crippen LogP) is 2.42. The molecule has 0 bridgehead atoms. The Balaban J connectivity index is 2.00. The van der Waals surface area contributed by atoms with Gasteiger partial charge in [-0.05, 0) is 47.0 Å². The minimum atomic E-state index is -0.517. The number of aryl methyl sites for hydroxylation is 1. The van der Waals surface area contributed by atoms with E-state index in [1.54, 1.807) is 6.07 Å². The highest BCUT2D eigenvalue weighted by Gasteiger charge is 2.38. The summed E-state index contributed by atoms with van der Waals surface area (Å²) in [6, 6.07) is 4.48. The highest BCUT2D eigenvalue weighted by atomic mass is 79.9. The summed E-state index contributed by atoms with van der Waals surface area (Å²) in [4.78, 5) is 36.8. The third-order valence-electron chi connectivity index (χ3n) is 3.38. The highest BCUT2D eigenvalue weighted by Crippen LogP contribution is 2.23. The van der Waals surface area contributed by atoms with E-state index in [1.807, 2.05) is 26.0 Å². The predicted molar refractivity (Wildman–Crippen MR) is 86.4 cm³/mol. The van der Waals surface area contributed by atoms with Crippen molar-refractivity contribution in [3.8, 4) is 0 Å². The SMILES string of the molecule is CCC[C@@H]1NC(=O)N(CC(=O)Nc2ccc(C)cc2Br)C1=O. The second-order valence-electron chi connectivity index (χ2n) is 5.25. The molecule has 1 aromatic carbocycles. The van der Waals surface area contributed by atoms with Crippen LogP contribution < -0.4 is 10.6 Å². The maximum atomic E-state index is 12.1. The molecule has 0 aromatic heterocycles. The van der Waals surface area contributed by atoms with E-state index in [0.29, 0.717) is 12.1 Å². The zero-order valence-corrected chi connectivity index (χ0v) is 14.1. The number of benzene rings is 1. The average molecular weight is 368 g/mol. The van der Waals surface area contributed by atoms with Crippen molar-refractivity contribution >= 4 is 39.5 Å². The van der Waals surface area contributed by atoms with Crippen molar-refractivity contribution in [2.45, 2.75) is 32.7 Å². The lowest BCUT2D eigenvalue weighted by Crippen LogP contribution is -2.38. The Morgan fingerprint density at radius 2 is 2.14 bits per heavy atom. The number of halogens is 1. The van der Waals surface area contributed by atoms with Gasteiger partial charge >= 0.3 is 6.03 Å². The third-order valence-corrected chi connectivity index (χ3v) is 4.04. The van der Waals surface area contributed by atoms with E-state index in [2.05, 4.69) is 26.6 Å². The van der Waals surface area contributed by atoms with Crippen molar-refractivity contribution < 1.29 is 14.4 Å². The van der Waals surface area contributed by atoms with Crippen LogP contribution in [0.25, 0.3) is 0 Å². The number of hydrogen-bond acceptors (Lipinski definition) is 3. The molecule has 7 heteroatoms. The fraction of sp³-hybridized carbons (Fsp3) is 0.400. The molecule has 1 heterocycles. The van der Waals surface area contributed by atoms with Crippen molar-refractivity contribution in [3.05, 3.63) is 28.2 Å². The molecule has 0 spiro atoms.